The highest BCUT2D eigenvalue weighted by Crippen LogP contribution is 2.23. The van der Waals surface area contributed by atoms with Crippen molar-refractivity contribution in [3.8, 4) is 23.8 Å². The van der Waals surface area contributed by atoms with Gasteiger partial charge in [-0.1, -0.05) is 5.92 Å². The Morgan fingerprint density at radius 2 is 2.27 bits per heavy atom. The Hall–Kier alpha value is -1.66. The van der Waals surface area contributed by atoms with Crippen LogP contribution in [0.15, 0.2) is 18.2 Å². The molecule has 15 heavy (non-hydrogen) atoms. The molecular formula is C12H15NO2. The van der Waals surface area contributed by atoms with E-state index < -0.39 is 0 Å². The van der Waals surface area contributed by atoms with E-state index in [2.05, 4.69) is 11.2 Å². The van der Waals surface area contributed by atoms with E-state index in [-0.39, 0.29) is 6.61 Å². The van der Waals surface area contributed by atoms with Crippen LogP contribution in [0.3, 0.4) is 0 Å². The Kier molecular flexibility index (Phi) is 4.52. The summed E-state index contributed by atoms with van der Waals surface area (Å²) in [6.45, 7) is 1.00. The third-order valence-corrected chi connectivity index (χ3v) is 1.95. The quantitative estimate of drug-likeness (QED) is 0.738. The zero-order valence-electron chi connectivity index (χ0n) is 9.04. The van der Waals surface area contributed by atoms with E-state index >= 15 is 0 Å². The van der Waals surface area contributed by atoms with Crippen LogP contribution in [-0.2, 0) is 6.54 Å². The summed E-state index contributed by atoms with van der Waals surface area (Å²) in [6.07, 6.45) is 5.14. The van der Waals surface area contributed by atoms with Crippen molar-refractivity contribution in [2.45, 2.75) is 6.54 Å². The van der Waals surface area contributed by atoms with Crippen LogP contribution in [0.25, 0.3) is 0 Å². The van der Waals surface area contributed by atoms with Crippen LogP contribution in [-0.4, -0.2) is 20.8 Å². The van der Waals surface area contributed by atoms with Crippen molar-refractivity contribution in [3.63, 3.8) is 0 Å². The molecular weight excluding hydrogens is 190 g/mol. The van der Waals surface area contributed by atoms with Gasteiger partial charge in [-0.25, -0.2) is 0 Å². The Morgan fingerprint density at radius 1 is 1.47 bits per heavy atom. The summed E-state index contributed by atoms with van der Waals surface area (Å²) in [5.41, 5.74) is 1.03. The van der Waals surface area contributed by atoms with E-state index in [0.29, 0.717) is 0 Å². The molecule has 0 saturated heterocycles. The summed E-state index contributed by atoms with van der Waals surface area (Å²) in [5, 5.41) is 3.06. The molecule has 1 rings (SSSR count). The second kappa shape index (κ2) is 5.94. The van der Waals surface area contributed by atoms with Gasteiger partial charge in [-0.2, -0.15) is 0 Å². The maximum Gasteiger partial charge on any atom is 0.148 e. The number of hydrogen-bond acceptors (Lipinski definition) is 3. The first-order chi connectivity index (χ1) is 7.31. The summed E-state index contributed by atoms with van der Waals surface area (Å²) < 4.78 is 10.5. The molecule has 3 heteroatoms. The molecule has 0 atom stereocenters. The lowest BCUT2D eigenvalue weighted by Gasteiger charge is -2.10. The van der Waals surface area contributed by atoms with Crippen LogP contribution in [0.1, 0.15) is 5.56 Å². The Labute approximate surface area is 90.4 Å². The van der Waals surface area contributed by atoms with Crippen molar-refractivity contribution in [2.75, 3.05) is 20.8 Å². The number of terminal acetylenes is 1. The number of rotatable bonds is 5. The largest absolute Gasteiger partial charge is 0.497 e. The molecule has 0 fully saturated rings. The van der Waals surface area contributed by atoms with Gasteiger partial charge in [0.2, 0.25) is 0 Å². The number of methoxy groups -OCH3 is 1. The maximum atomic E-state index is 5.41. The first-order valence-electron chi connectivity index (χ1n) is 4.69. The van der Waals surface area contributed by atoms with Gasteiger partial charge < -0.3 is 14.8 Å². The zero-order valence-corrected chi connectivity index (χ0v) is 9.04. The van der Waals surface area contributed by atoms with Gasteiger partial charge in [-0.3, -0.25) is 0 Å². The van der Waals surface area contributed by atoms with Crippen molar-refractivity contribution in [1.82, 2.24) is 5.32 Å². The summed E-state index contributed by atoms with van der Waals surface area (Å²) in [6, 6.07) is 5.65. The van der Waals surface area contributed by atoms with Crippen LogP contribution in [0.5, 0.6) is 11.5 Å². The van der Waals surface area contributed by atoms with Gasteiger partial charge in [0.1, 0.15) is 18.1 Å². The minimum Gasteiger partial charge on any atom is -0.497 e. The van der Waals surface area contributed by atoms with Crippen LogP contribution >= 0.6 is 0 Å². The van der Waals surface area contributed by atoms with Gasteiger partial charge in [0.05, 0.1) is 7.11 Å². The molecule has 0 saturated carbocycles. The second-order valence-electron chi connectivity index (χ2n) is 3.00. The van der Waals surface area contributed by atoms with Gasteiger partial charge >= 0.3 is 0 Å². The molecule has 0 bridgehead atoms. The van der Waals surface area contributed by atoms with Crippen molar-refractivity contribution < 1.29 is 9.47 Å². The average molecular weight is 205 g/mol. The highest BCUT2D eigenvalue weighted by Gasteiger charge is 2.04. The summed E-state index contributed by atoms with van der Waals surface area (Å²) >= 11 is 0. The fraction of sp³-hybridized carbons (Fsp3) is 0.333. The van der Waals surface area contributed by atoms with Crippen LogP contribution < -0.4 is 14.8 Å². The summed E-state index contributed by atoms with van der Waals surface area (Å²) in [7, 11) is 3.52. The highest BCUT2D eigenvalue weighted by atomic mass is 16.5. The van der Waals surface area contributed by atoms with E-state index in [4.69, 9.17) is 15.9 Å². The van der Waals surface area contributed by atoms with Gasteiger partial charge in [-0.15, -0.1) is 6.42 Å². The van der Waals surface area contributed by atoms with E-state index in [1.165, 1.54) is 0 Å². The summed E-state index contributed by atoms with van der Waals surface area (Å²) in [5.74, 6) is 4.05. The third kappa shape index (κ3) is 3.19. The van der Waals surface area contributed by atoms with E-state index in [1.54, 1.807) is 7.11 Å². The lowest BCUT2D eigenvalue weighted by Crippen LogP contribution is -2.08. The fourth-order valence-electron chi connectivity index (χ4n) is 1.27. The fourth-order valence-corrected chi connectivity index (χ4v) is 1.27. The number of nitrogens with one attached hydrogen (secondary N) is 1. The van der Waals surface area contributed by atoms with Crippen molar-refractivity contribution in [1.29, 1.82) is 0 Å². The van der Waals surface area contributed by atoms with E-state index in [9.17, 15) is 0 Å². The lowest BCUT2D eigenvalue weighted by molar-refractivity contribution is 0.362. The molecule has 0 aliphatic heterocycles. The van der Waals surface area contributed by atoms with Gasteiger partial charge in [0.25, 0.3) is 0 Å². The van der Waals surface area contributed by atoms with Crippen molar-refractivity contribution >= 4 is 0 Å². The molecule has 0 amide bonds. The van der Waals surface area contributed by atoms with Crippen LogP contribution in [0.4, 0.5) is 0 Å². The molecule has 80 valence electrons. The lowest BCUT2D eigenvalue weighted by atomic mass is 10.2. The molecule has 0 unspecified atom stereocenters. The van der Waals surface area contributed by atoms with Crippen molar-refractivity contribution in [3.05, 3.63) is 23.8 Å². The Balaban J connectivity index is 2.88. The van der Waals surface area contributed by atoms with Gasteiger partial charge in [0.15, 0.2) is 0 Å². The molecule has 1 N–H and O–H groups in total. The van der Waals surface area contributed by atoms with Gasteiger partial charge in [-0.05, 0) is 25.2 Å². The second-order valence-corrected chi connectivity index (χ2v) is 3.00. The SMILES string of the molecule is C#CCOc1ccc(OC)cc1CNC. The number of ether oxygens (including phenoxy) is 2. The minimum absolute atomic E-state index is 0.281. The predicted molar refractivity (Wildman–Crippen MR) is 60.1 cm³/mol. The van der Waals surface area contributed by atoms with Crippen molar-refractivity contribution in [2.24, 2.45) is 0 Å². The molecule has 1 aromatic carbocycles. The molecule has 1 aromatic rings. The van der Waals surface area contributed by atoms with Crippen LogP contribution in [0, 0.1) is 12.3 Å². The molecule has 0 spiro atoms. The zero-order chi connectivity index (χ0) is 11.1. The molecule has 0 radical (unpaired) electrons. The predicted octanol–water partition coefficient (Wildman–Crippen LogP) is 1.43. The topological polar surface area (TPSA) is 30.5 Å². The monoisotopic (exact) mass is 205 g/mol. The van der Waals surface area contributed by atoms with E-state index in [0.717, 1.165) is 23.6 Å². The minimum atomic E-state index is 0.281. The first-order valence-corrected chi connectivity index (χ1v) is 4.69. The normalized spacial score (nSPS) is 9.40. The summed E-state index contributed by atoms with van der Waals surface area (Å²) in [4.78, 5) is 0. The Morgan fingerprint density at radius 3 is 2.87 bits per heavy atom. The number of hydrogen-bond donors (Lipinski definition) is 1. The standard InChI is InChI=1S/C12H15NO2/c1-4-7-15-12-6-5-11(14-3)8-10(12)9-13-2/h1,5-6,8,13H,7,9H2,2-3H3. The van der Waals surface area contributed by atoms with E-state index in [1.807, 2.05) is 25.2 Å². The molecule has 0 aromatic heterocycles. The third-order valence-electron chi connectivity index (χ3n) is 1.95. The Bertz CT molecular complexity index is 355. The molecule has 3 nitrogen and oxygen atoms in total. The average Bonchev–Trinajstić information content (AvgIpc) is 2.27. The smallest absolute Gasteiger partial charge is 0.148 e. The molecule has 0 heterocycles. The maximum absolute atomic E-state index is 5.41. The highest BCUT2D eigenvalue weighted by molar-refractivity contribution is 5.40. The van der Waals surface area contributed by atoms with Gasteiger partial charge in [0, 0.05) is 12.1 Å². The van der Waals surface area contributed by atoms with Crippen LogP contribution in [0.2, 0.25) is 0 Å². The number of benzene rings is 1. The first kappa shape index (κ1) is 11.4. The molecule has 0 aliphatic carbocycles. The molecule has 0 aliphatic rings.